The van der Waals surface area contributed by atoms with Gasteiger partial charge in [0, 0.05) is 7.11 Å². The molecule has 0 amide bonds. The summed E-state index contributed by atoms with van der Waals surface area (Å²) in [4.78, 5) is -0.00440. The summed E-state index contributed by atoms with van der Waals surface area (Å²) in [7, 11) is -0.827. The molecule has 3 rings (SSSR count). The number of hydrogen-bond donors (Lipinski definition) is 1. The maximum absolute atomic E-state index is 12.8. The van der Waals surface area contributed by atoms with E-state index >= 15 is 0 Å². The minimum atomic E-state index is -3.88. The molecular weight excluding hydrogens is 346 g/mol. The number of hydrogen-bond acceptors (Lipinski definition) is 7. The highest BCUT2D eigenvalue weighted by molar-refractivity contribution is 7.89. The van der Waals surface area contributed by atoms with Gasteiger partial charge in [-0.25, -0.2) is 17.8 Å². The molecule has 1 atom stereocenters. The molecule has 0 aliphatic carbocycles. The van der Waals surface area contributed by atoms with Crippen LogP contribution in [0.2, 0.25) is 0 Å². The number of methoxy groups -OCH3 is 2. The van der Waals surface area contributed by atoms with Crippen molar-refractivity contribution in [3.05, 3.63) is 48.0 Å². The quantitative estimate of drug-likeness (QED) is 0.684. The number of nitrogens with one attached hydrogen (secondary N) is 1. The van der Waals surface area contributed by atoms with Crippen LogP contribution in [-0.2, 0) is 14.8 Å². The molecule has 1 N–H and O–H groups in total. The van der Waals surface area contributed by atoms with E-state index in [0.29, 0.717) is 11.3 Å². The lowest BCUT2D eigenvalue weighted by molar-refractivity contribution is 0.175. The summed E-state index contributed by atoms with van der Waals surface area (Å²) < 4.78 is 43.3. The summed E-state index contributed by atoms with van der Waals surface area (Å²) in [5, 5.41) is 7.35. The summed E-state index contributed by atoms with van der Waals surface area (Å²) in [6.45, 7) is 0.152. The van der Waals surface area contributed by atoms with Crippen molar-refractivity contribution in [1.29, 1.82) is 0 Å². The van der Waals surface area contributed by atoms with E-state index in [4.69, 9.17) is 9.47 Å². The van der Waals surface area contributed by atoms with Gasteiger partial charge in [0.25, 0.3) is 0 Å². The summed E-state index contributed by atoms with van der Waals surface area (Å²) in [6.07, 6.45) is 0. The first-order valence-electron chi connectivity index (χ1n) is 7.41. The average molecular weight is 363 g/mol. The minimum Gasteiger partial charge on any atom is -0.497 e. The van der Waals surface area contributed by atoms with Gasteiger partial charge in [-0.1, -0.05) is 18.2 Å². The predicted molar refractivity (Wildman–Crippen MR) is 89.7 cm³/mol. The fraction of sp³-hybridized carbons (Fsp3) is 0.250. The van der Waals surface area contributed by atoms with Crippen LogP contribution in [0.5, 0.6) is 5.75 Å². The lowest BCUT2D eigenvalue weighted by Crippen LogP contribution is -2.31. The number of fused-ring (bicyclic) bond motifs is 1. The Morgan fingerprint density at radius 2 is 1.96 bits per heavy atom. The van der Waals surface area contributed by atoms with Gasteiger partial charge in [0.05, 0.1) is 19.8 Å². The third-order valence-corrected chi connectivity index (χ3v) is 5.17. The Hall–Kier alpha value is -2.49. The van der Waals surface area contributed by atoms with E-state index in [2.05, 4.69) is 19.7 Å². The van der Waals surface area contributed by atoms with Crippen molar-refractivity contribution in [2.75, 3.05) is 20.8 Å². The lowest BCUT2D eigenvalue weighted by Gasteiger charge is -2.19. The second-order valence-electron chi connectivity index (χ2n) is 5.29. The highest BCUT2D eigenvalue weighted by Crippen LogP contribution is 2.24. The van der Waals surface area contributed by atoms with Crippen molar-refractivity contribution in [2.45, 2.75) is 10.9 Å². The lowest BCUT2D eigenvalue weighted by atomic mass is 10.1. The van der Waals surface area contributed by atoms with Gasteiger partial charge >= 0.3 is 0 Å². The molecule has 1 heterocycles. The van der Waals surface area contributed by atoms with Gasteiger partial charge in [0.1, 0.15) is 16.2 Å². The van der Waals surface area contributed by atoms with Gasteiger partial charge in [-0.15, -0.1) is 0 Å². The third-order valence-electron chi connectivity index (χ3n) is 3.67. The maximum Gasteiger partial charge on any atom is 0.243 e. The molecule has 0 spiro atoms. The molecule has 0 radical (unpaired) electrons. The molecule has 0 aliphatic heterocycles. The Kier molecular flexibility index (Phi) is 4.98. The number of benzene rings is 2. The van der Waals surface area contributed by atoms with E-state index in [1.807, 2.05) is 0 Å². The first-order valence-corrected chi connectivity index (χ1v) is 8.90. The molecule has 0 saturated heterocycles. The molecule has 0 fully saturated rings. The van der Waals surface area contributed by atoms with Crippen LogP contribution in [0.15, 0.2) is 52.0 Å². The van der Waals surface area contributed by atoms with Crippen LogP contribution < -0.4 is 9.46 Å². The zero-order valence-electron chi connectivity index (χ0n) is 13.7. The number of rotatable bonds is 7. The minimum absolute atomic E-state index is 0.00440. The Morgan fingerprint density at radius 1 is 1.16 bits per heavy atom. The Balaban J connectivity index is 1.97. The zero-order chi connectivity index (χ0) is 17.9. The molecule has 9 heteroatoms. The average Bonchev–Trinajstić information content (AvgIpc) is 3.09. The molecule has 132 valence electrons. The summed E-state index contributed by atoms with van der Waals surface area (Å²) in [6, 6.07) is 11.2. The summed E-state index contributed by atoms with van der Waals surface area (Å²) in [5.74, 6) is 0.626. The van der Waals surface area contributed by atoms with Crippen molar-refractivity contribution in [3.63, 3.8) is 0 Å². The molecule has 25 heavy (non-hydrogen) atoms. The summed E-state index contributed by atoms with van der Waals surface area (Å²) in [5.41, 5.74) is 1.26. The van der Waals surface area contributed by atoms with Crippen LogP contribution in [0.25, 0.3) is 11.0 Å². The zero-order valence-corrected chi connectivity index (χ0v) is 14.5. The third kappa shape index (κ3) is 3.63. The van der Waals surface area contributed by atoms with Gasteiger partial charge in [0.15, 0.2) is 5.52 Å². The van der Waals surface area contributed by atoms with Crippen LogP contribution in [0.1, 0.15) is 11.6 Å². The van der Waals surface area contributed by atoms with E-state index in [9.17, 15) is 8.42 Å². The van der Waals surface area contributed by atoms with E-state index < -0.39 is 16.1 Å². The van der Waals surface area contributed by atoms with Crippen LogP contribution in [0.4, 0.5) is 0 Å². The summed E-state index contributed by atoms with van der Waals surface area (Å²) >= 11 is 0. The largest absolute Gasteiger partial charge is 0.497 e. The van der Waals surface area contributed by atoms with E-state index in [1.165, 1.54) is 13.2 Å². The van der Waals surface area contributed by atoms with Crippen molar-refractivity contribution in [3.8, 4) is 5.75 Å². The molecule has 0 aliphatic rings. The molecule has 8 nitrogen and oxygen atoms in total. The van der Waals surface area contributed by atoms with Crippen LogP contribution >= 0.6 is 0 Å². The van der Waals surface area contributed by atoms with Crippen LogP contribution in [0, 0.1) is 0 Å². The number of nitrogens with zero attached hydrogens (tertiary/aromatic N) is 2. The maximum atomic E-state index is 12.8. The van der Waals surface area contributed by atoms with E-state index in [0.717, 1.165) is 5.56 Å². The second kappa shape index (κ2) is 7.18. The molecule has 1 unspecified atom stereocenters. The normalized spacial score (nSPS) is 13.0. The number of aromatic nitrogens is 2. The molecule has 2 aromatic carbocycles. The van der Waals surface area contributed by atoms with Crippen LogP contribution in [-0.4, -0.2) is 39.6 Å². The first-order chi connectivity index (χ1) is 12.0. The molecule has 0 saturated carbocycles. The second-order valence-corrected chi connectivity index (χ2v) is 6.98. The van der Waals surface area contributed by atoms with Crippen LogP contribution in [0.3, 0.4) is 0 Å². The fourth-order valence-electron chi connectivity index (χ4n) is 2.47. The highest BCUT2D eigenvalue weighted by Gasteiger charge is 2.25. The predicted octanol–water partition coefficient (Wildman–Crippen LogP) is 1.90. The smallest absolute Gasteiger partial charge is 0.243 e. The topological polar surface area (TPSA) is 104 Å². The van der Waals surface area contributed by atoms with Gasteiger partial charge < -0.3 is 9.47 Å². The van der Waals surface area contributed by atoms with Gasteiger partial charge in [-0.05, 0) is 40.1 Å². The van der Waals surface area contributed by atoms with Crippen molar-refractivity contribution >= 4 is 21.1 Å². The van der Waals surface area contributed by atoms with E-state index in [1.54, 1.807) is 43.5 Å². The van der Waals surface area contributed by atoms with Gasteiger partial charge in [-0.2, -0.15) is 0 Å². The molecule has 1 aromatic heterocycles. The van der Waals surface area contributed by atoms with Gasteiger partial charge in [0.2, 0.25) is 10.0 Å². The number of ether oxygens (including phenoxy) is 2. The fourth-order valence-corrected chi connectivity index (χ4v) is 3.83. The highest BCUT2D eigenvalue weighted by atomic mass is 32.2. The Morgan fingerprint density at radius 3 is 2.72 bits per heavy atom. The van der Waals surface area contributed by atoms with Crippen molar-refractivity contribution < 1.29 is 22.5 Å². The monoisotopic (exact) mass is 363 g/mol. The van der Waals surface area contributed by atoms with Gasteiger partial charge in [-0.3, -0.25) is 0 Å². The molecular formula is C16H17N3O5S. The molecule has 0 bridgehead atoms. The van der Waals surface area contributed by atoms with E-state index in [-0.39, 0.29) is 17.0 Å². The number of sulfonamides is 1. The molecule has 3 aromatic rings. The standard InChI is InChI=1S/C16H17N3O5S/c1-22-10-14(11-5-3-6-12(9-11)23-2)19-25(20,21)15-8-4-7-13-16(15)18-24-17-13/h3-9,14,19H,10H2,1-2H3. The Bertz CT molecular complexity index is 971. The Labute approximate surface area is 144 Å². The SMILES string of the molecule is COCC(NS(=O)(=O)c1cccc2nonc12)c1cccc(OC)c1. The first kappa shape index (κ1) is 17.3. The van der Waals surface area contributed by atoms with Crippen molar-refractivity contribution in [2.24, 2.45) is 0 Å². The van der Waals surface area contributed by atoms with Crippen molar-refractivity contribution in [1.82, 2.24) is 15.0 Å².